The van der Waals surface area contributed by atoms with Gasteiger partial charge in [0, 0.05) is 0 Å². The van der Waals surface area contributed by atoms with E-state index in [0.717, 1.165) is 17.9 Å². The first-order valence-electron chi connectivity index (χ1n) is 3.78. The summed E-state index contributed by atoms with van der Waals surface area (Å²) in [6.07, 6.45) is 5.18. The maximum absolute atomic E-state index is 5.13. The van der Waals surface area contributed by atoms with Gasteiger partial charge in [-0.2, -0.15) is 0 Å². The summed E-state index contributed by atoms with van der Waals surface area (Å²) in [6.45, 7) is 2.15. The number of hydrogen-bond acceptors (Lipinski definition) is 2. The van der Waals surface area contributed by atoms with Crippen LogP contribution < -0.4 is 0 Å². The van der Waals surface area contributed by atoms with E-state index in [-0.39, 0.29) is 0 Å². The summed E-state index contributed by atoms with van der Waals surface area (Å²) in [4.78, 5) is 0. The van der Waals surface area contributed by atoms with Gasteiger partial charge in [-0.3, -0.25) is 0 Å². The molecular weight excluding hydrogens is 140 g/mol. The molecule has 1 atom stereocenters. The van der Waals surface area contributed by atoms with Gasteiger partial charge in [0.05, 0.1) is 14.2 Å². The fourth-order valence-corrected chi connectivity index (χ4v) is 1.15. The zero-order valence-electron chi connectivity index (χ0n) is 7.26. The molecule has 62 valence electrons. The molecule has 0 bridgehead atoms. The van der Waals surface area contributed by atoms with E-state index in [1.807, 2.05) is 0 Å². The van der Waals surface area contributed by atoms with E-state index in [1.165, 1.54) is 0 Å². The molecule has 0 aliphatic heterocycles. The Morgan fingerprint density at radius 1 is 1.27 bits per heavy atom. The average Bonchev–Trinajstić information content (AvgIpc) is 2.04. The molecule has 1 aliphatic carbocycles. The Balaban J connectivity index is 2.74. The lowest BCUT2D eigenvalue weighted by Crippen LogP contribution is -2.04. The minimum atomic E-state index is 0.559. The highest BCUT2D eigenvalue weighted by atomic mass is 16.5. The van der Waals surface area contributed by atoms with Gasteiger partial charge in [0.25, 0.3) is 0 Å². The van der Waals surface area contributed by atoms with Gasteiger partial charge in [0.1, 0.15) is 0 Å². The minimum Gasteiger partial charge on any atom is -0.493 e. The Labute approximate surface area is 67.5 Å². The molecule has 2 nitrogen and oxygen atoms in total. The summed E-state index contributed by atoms with van der Waals surface area (Å²) >= 11 is 0. The molecule has 1 unspecified atom stereocenters. The van der Waals surface area contributed by atoms with Gasteiger partial charge in [-0.25, -0.2) is 0 Å². The van der Waals surface area contributed by atoms with Crippen LogP contribution in [0.2, 0.25) is 0 Å². The third-order valence-corrected chi connectivity index (χ3v) is 1.79. The number of hydrogen-bond donors (Lipinski definition) is 0. The standard InChI is InChI=1S/C9H14O2/c1-7-4-5-8(10-2)9(6-7)11-3/h5-7H,4H2,1-3H3. The third kappa shape index (κ3) is 1.76. The summed E-state index contributed by atoms with van der Waals surface area (Å²) in [6, 6.07) is 0. The third-order valence-electron chi connectivity index (χ3n) is 1.79. The molecule has 0 saturated carbocycles. The Morgan fingerprint density at radius 2 is 1.91 bits per heavy atom. The van der Waals surface area contributed by atoms with Crippen molar-refractivity contribution in [2.75, 3.05) is 14.2 Å². The first kappa shape index (κ1) is 8.18. The van der Waals surface area contributed by atoms with Crippen molar-refractivity contribution in [1.29, 1.82) is 0 Å². The fourth-order valence-electron chi connectivity index (χ4n) is 1.15. The molecule has 0 saturated heterocycles. The largest absolute Gasteiger partial charge is 0.493 e. The van der Waals surface area contributed by atoms with E-state index in [1.54, 1.807) is 14.2 Å². The molecule has 1 rings (SSSR count). The van der Waals surface area contributed by atoms with Gasteiger partial charge in [0.2, 0.25) is 0 Å². The highest BCUT2D eigenvalue weighted by Crippen LogP contribution is 2.22. The number of methoxy groups -OCH3 is 2. The van der Waals surface area contributed by atoms with Crippen LogP contribution in [-0.4, -0.2) is 14.2 Å². The van der Waals surface area contributed by atoms with Crippen LogP contribution in [0.5, 0.6) is 0 Å². The summed E-state index contributed by atoms with van der Waals surface area (Å²) in [7, 11) is 3.32. The van der Waals surface area contributed by atoms with Crippen molar-refractivity contribution < 1.29 is 9.47 Å². The quantitative estimate of drug-likeness (QED) is 0.606. The van der Waals surface area contributed by atoms with E-state index in [0.29, 0.717) is 5.92 Å². The predicted molar refractivity (Wildman–Crippen MR) is 44.0 cm³/mol. The lowest BCUT2D eigenvalue weighted by atomic mass is 10.0. The number of allylic oxidation sites excluding steroid dienone is 2. The molecule has 0 aromatic rings. The zero-order chi connectivity index (χ0) is 8.27. The molecule has 0 heterocycles. The normalized spacial score (nSPS) is 23.7. The monoisotopic (exact) mass is 154 g/mol. The minimum absolute atomic E-state index is 0.559. The number of ether oxygens (including phenoxy) is 2. The van der Waals surface area contributed by atoms with Gasteiger partial charge in [-0.15, -0.1) is 0 Å². The maximum atomic E-state index is 5.13. The second-order valence-corrected chi connectivity index (χ2v) is 2.72. The SMILES string of the molecule is COC1=CCC(C)C=C1OC. The molecule has 2 heteroatoms. The Hall–Kier alpha value is -0.920. The van der Waals surface area contributed by atoms with Crippen LogP contribution in [0.1, 0.15) is 13.3 Å². The molecule has 0 radical (unpaired) electrons. The van der Waals surface area contributed by atoms with Crippen molar-refractivity contribution in [2.24, 2.45) is 5.92 Å². The van der Waals surface area contributed by atoms with E-state index in [2.05, 4.69) is 19.1 Å². The molecule has 0 amide bonds. The van der Waals surface area contributed by atoms with Crippen molar-refractivity contribution in [3.05, 3.63) is 23.7 Å². The van der Waals surface area contributed by atoms with Crippen LogP contribution in [-0.2, 0) is 9.47 Å². The highest BCUT2D eigenvalue weighted by Gasteiger charge is 2.12. The predicted octanol–water partition coefficient (Wildman–Crippen LogP) is 2.09. The van der Waals surface area contributed by atoms with Crippen LogP contribution in [0.4, 0.5) is 0 Å². The van der Waals surface area contributed by atoms with Gasteiger partial charge < -0.3 is 9.47 Å². The molecule has 0 spiro atoms. The second kappa shape index (κ2) is 3.46. The van der Waals surface area contributed by atoms with Gasteiger partial charge >= 0.3 is 0 Å². The summed E-state index contributed by atoms with van der Waals surface area (Å²) in [5, 5.41) is 0. The average molecular weight is 154 g/mol. The van der Waals surface area contributed by atoms with Crippen molar-refractivity contribution in [3.63, 3.8) is 0 Å². The highest BCUT2D eigenvalue weighted by molar-refractivity contribution is 5.24. The molecule has 1 aliphatic rings. The zero-order valence-corrected chi connectivity index (χ0v) is 7.26. The van der Waals surface area contributed by atoms with Gasteiger partial charge in [-0.05, 0) is 24.5 Å². The van der Waals surface area contributed by atoms with Crippen LogP contribution in [0, 0.1) is 5.92 Å². The molecule has 0 aromatic carbocycles. The van der Waals surface area contributed by atoms with Crippen molar-refractivity contribution in [1.82, 2.24) is 0 Å². The van der Waals surface area contributed by atoms with Crippen LogP contribution in [0.25, 0.3) is 0 Å². The van der Waals surface area contributed by atoms with Crippen LogP contribution in [0.3, 0.4) is 0 Å². The maximum Gasteiger partial charge on any atom is 0.156 e. The Kier molecular flexibility index (Phi) is 2.58. The van der Waals surface area contributed by atoms with E-state index < -0.39 is 0 Å². The summed E-state index contributed by atoms with van der Waals surface area (Å²) in [5.74, 6) is 2.26. The molecule has 0 N–H and O–H groups in total. The second-order valence-electron chi connectivity index (χ2n) is 2.72. The number of rotatable bonds is 2. The first-order chi connectivity index (χ1) is 5.27. The lowest BCUT2D eigenvalue weighted by Gasteiger charge is -2.16. The fraction of sp³-hybridized carbons (Fsp3) is 0.556. The van der Waals surface area contributed by atoms with Crippen LogP contribution >= 0.6 is 0 Å². The van der Waals surface area contributed by atoms with Gasteiger partial charge in [-0.1, -0.05) is 6.92 Å². The van der Waals surface area contributed by atoms with E-state index in [9.17, 15) is 0 Å². The molecule has 0 fully saturated rings. The molecular formula is C9H14O2. The van der Waals surface area contributed by atoms with E-state index >= 15 is 0 Å². The van der Waals surface area contributed by atoms with Gasteiger partial charge in [0.15, 0.2) is 11.5 Å². The van der Waals surface area contributed by atoms with E-state index in [4.69, 9.17) is 9.47 Å². The Morgan fingerprint density at radius 3 is 2.45 bits per heavy atom. The first-order valence-corrected chi connectivity index (χ1v) is 3.78. The summed E-state index contributed by atoms with van der Waals surface area (Å²) < 4.78 is 10.2. The molecule has 0 aromatic heterocycles. The van der Waals surface area contributed by atoms with Crippen molar-refractivity contribution in [3.8, 4) is 0 Å². The topological polar surface area (TPSA) is 18.5 Å². The molecule has 11 heavy (non-hydrogen) atoms. The lowest BCUT2D eigenvalue weighted by molar-refractivity contribution is 0.212. The van der Waals surface area contributed by atoms with Crippen LogP contribution in [0.15, 0.2) is 23.7 Å². The van der Waals surface area contributed by atoms with Crippen molar-refractivity contribution in [2.45, 2.75) is 13.3 Å². The Bertz CT molecular complexity index is 192. The summed E-state index contributed by atoms with van der Waals surface area (Å²) in [5.41, 5.74) is 0. The van der Waals surface area contributed by atoms with Crippen molar-refractivity contribution >= 4 is 0 Å². The smallest absolute Gasteiger partial charge is 0.156 e.